The largest absolute Gasteiger partial charge is 0.354 e. The van der Waals surface area contributed by atoms with Crippen molar-refractivity contribution in [3.63, 3.8) is 0 Å². The Balaban J connectivity index is 2.10. The van der Waals surface area contributed by atoms with Gasteiger partial charge < -0.3 is 10.2 Å². The molecule has 0 bridgehead atoms. The summed E-state index contributed by atoms with van der Waals surface area (Å²) in [5, 5.41) is 3.02. The Hall–Kier alpha value is -2.27. The van der Waals surface area contributed by atoms with E-state index in [9.17, 15) is 9.59 Å². The van der Waals surface area contributed by atoms with Gasteiger partial charge >= 0.3 is 0 Å². The molecule has 1 atom stereocenters. The van der Waals surface area contributed by atoms with E-state index >= 15 is 0 Å². The summed E-state index contributed by atoms with van der Waals surface area (Å²) in [7, 11) is 0. The van der Waals surface area contributed by atoms with Crippen molar-refractivity contribution in [1.82, 2.24) is 10.2 Å². The van der Waals surface area contributed by atoms with E-state index in [-0.39, 0.29) is 11.8 Å². The monoisotopic (exact) mass is 440 g/mol. The second-order valence-electron chi connectivity index (χ2n) is 8.06. The second-order valence-corrected chi connectivity index (χ2v) is 9.05. The van der Waals surface area contributed by atoms with Gasteiger partial charge in [-0.15, -0.1) is 11.8 Å². The number of amides is 2. The Bertz CT molecular complexity index is 853. The summed E-state index contributed by atoms with van der Waals surface area (Å²) in [6.07, 6.45) is 2.57. The molecule has 168 valence electrons. The molecule has 2 aromatic carbocycles. The molecule has 0 fully saturated rings. The number of thioether (sulfide) groups is 1. The predicted molar refractivity (Wildman–Crippen MR) is 131 cm³/mol. The quantitative estimate of drug-likeness (QED) is 0.458. The molecule has 0 radical (unpaired) electrons. The molecule has 1 N–H and O–H groups in total. The van der Waals surface area contributed by atoms with Crippen LogP contribution in [0.3, 0.4) is 0 Å². The van der Waals surface area contributed by atoms with Crippen molar-refractivity contribution in [1.29, 1.82) is 0 Å². The third kappa shape index (κ3) is 8.41. The smallest absolute Gasteiger partial charge is 0.242 e. The van der Waals surface area contributed by atoms with Gasteiger partial charge in [-0.25, -0.2) is 0 Å². The summed E-state index contributed by atoms with van der Waals surface area (Å²) in [5.74, 6) is 1.10. The first-order chi connectivity index (χ1) is 14.9. The highest BCUT2D eigenvalue weighted by Crippen LogP contribution is 2.18. The molecular weight excluding hydrogens is 404 g/mol. The van der Waals surface area contributed by atoms with E-state index in [1.54, 1.807) is 16.7 Å². The van der Waals surface area contributed by atoms with E-state index < -0.39 is 6.04 Å². The van der Waals surface area contributed by atoms with Crippen LogP contribution in [-0.4, -0.2) is 35.1 Å². The number of unbranched alkanes of at least 4 members (excludes halogenated alkanes) is 1. The molecule has 0 spiro atoms. The summed E-state index contributed by atoms with van der Waals surface area (Å²) in [4.78, 5) is 27.9. The van der Waals surface area contributed by atoms with Crippen molar-refractivity contribution in [3.05, 3.63) is 70.8 Å². The van der Waals surface area contributed by atoms with E-state index in [2.05, 4.69) is 43.4 Å². The fraction of sp³-hybridized carbons (Fsp3) is 0.462. The highest BCUT2D eigenvalue weighted by Gasteiger charge is 2.28. The van der Waals surface area contributed by atoms with E-state index in [1.807, 2.05) is 38.1 Å². The first-order valence-electron chi connectivity index (χ1n) is 11.2. The zero-order chi connectivity index (χ0) is 22.6. The number of hydrogen-bond acceptors (Lipinski definition) is 3. The van der Waals surface area contributed by atoms with Crippen molar-refractivity contribution < 1.29 is 9.59 Å². The number of nitrogens with one attached hydrogen (secondary N) is 1. The lowest BCUT2D eigenvalue weighted by atomic mass is 10.1. The number of hydrogen-bond donors (Lipinski definition) is 1. The third-order valence-corrected chi connectivity index (χ3v) is 6.22. The highest BCUT2D eigenvalue weighted by atomic mass is 32.2. The van der Waals surface area contributed by atoms with Crippen LogP contribution in [-0.2, 0) is 21.9 Å². The number of benzene rings is 2. The molecule has 0 aliphatic carbocycles. The van der Waals surface area contributed by atoms with Gasteiger partial charge in [-0.3, -0.25) is 9.59 Å². The molecule has 31 heavy (non-hydrogen) atoms. The van der Waals surface area contributed by atoms with Gasteiger partial charge in [0.15, 0.2) is 0 Å². The lowest BCUT2D eigenvalue weighted by Gasteiger charge is -2.30. The van der Waals surface area contributed by atoms with E-state index in [1.165, 1.54) is 11.1 Å². The van der Waals surface area contributed by atoms with Crippen LogP contribution in [0.15, 0.2) is 48.5 Å². The fourth-order valence-electron chi connectivity index (χ4n) is 3.57. The maximum atomic E-state index is 13.2. The SMILES string of the molecule is CCCCNC(=O)[C@@H](CC)N(Cc1cccc(C)c1)C(=O)CSCc1cccc(C)c1. The van der Waals surface area contributed by atoms with E-state index in [0.717, 1.165) is 29.7 Å². The van der Waals surface area contributed by atoms with Crippen LogP contribution in [0, 0.1) is 13.8 Å². The summed E-state index contributed by atoms with van der Waals surface area (Å²) < 4.78 is 0. The van der Waals surface area contributed by atoms with Gasteiger partial charge in [0.05, 0.1) is 5.75 Å². The molecule has 0 aliphatic heterocycles. The highest BCUT2D eigenvalue weighted by molar-refractivity contribution is 7.99. The third-order valence-electron chi connectivity index (χ3n) is 5.23. The minimum absolute atomic E-state index is 0.0108. The lowest BCUT2D eigenvalue weighted by Crippen LogP contribution is -2.49. The average molecular weight is 441 g/mol. The Morgan fingerprint density at radius 2 is 1.65 bits per heavy atom. The number of nitrogens with zero attached hydrogens (tertiary/aromatic N) is 1. The maximum absolute atomic E-state index is 13.2. The van der Waals surface area contributed by atoms with Gasteiger partial charge in [-0.1, -0.05) is 79.9 Å². The van der Waals surface area contributed by atoms with E-state index in [4.69, 9.17) is 0 Å². The fourth-order valence-corrected chi connectivity index (χ4v) is 4.43. The zero-order valence-corrected chi connectivity index (χ0v) is 20.1. The van der Waals surface area contributed by atoms with Gasteiger partial charge in [0.1, 0.15) is 6.04 Å². The van der Waals surface area contributed by atoms with Crippen LogP contribution in [0.2, 0.25) is 0 Å². The van der Waals surface area contributed by atoms with Gasteiger partial charge in [0, 0.05) is 18.8 Å². The number of aryl methyl sites for hydroxylation is 2. The summed E-state index contributed by atoms with van der Waals surface area (Å²) >= 11 is 1.60. The van der Waals surface area contributed by atoms with E-state index in [0.29, 0.717) is 25.3 Å². The second kappa shape index (κ2) is 13.2. The lowest BCUT2D eigenvalue weighted by molar-refractivity contribution is -0.139. The molecule has 2 rings (SSSR count). The summed E-state index contributed by atoms with van der Waals surface area (Å²) in [6.45, 7) is 9.29. The number of rotatable bonds is 12. The molecule has 2 aromatic rings. The molecule has 2 amide bonds. The van der Waals surface area contributed by atoms with Crippen LogP contribution in [0.1, 0.15) is 55.4 Å². The van der Waals surface area contributed by atoms with Crippen LogP contribution in [0.25, 0.3) is 0 Å². The number of carbonyl (C=O) groups excluding carboxylic acids is 2. The van der Waals surface area contributed by atoms with Crippen molar-refractivity contribution in [3.8, 4) is 0 Å². The van der Waals surface area contributed by atoms with Gasteiger partial charge in [-0.2, -0.15) is 0 Å². The molecule has 0 heterocycles. The zero-order valence-electron chi connectivity index (χ0n) is 19.3. The first kappa shape index (κ1) is 25.0. The molecule has 0 saturated heterocycles. The summed E-state index contributed by atoms with van der Waals surface area (Å²) in [5.41, 5.74) is 4.64. The van der Waals surface area contributed by atoms with Gasteiger partial charge in [0.2, 0.25) is 11.8 Å². The van der Waals surface area contributed by atoms with Gasteiger partial charge in [0.25, 0.3) is 0 Å². The molecule has 0 saturated carbocycles. The minimum atomic E-state index is -0.454. The molecule has 0 aliphatic rings. The predicted octanol–water partition coefficient (Wildman–Crippen LogP) is 5.26. The molecule has 4 nitrogen and oxygen atoms in total. The molecule has 0 unspecified atom stereocenters. The Morgan fingerprint density at radius 1 is 1.00 bits per heavy atom. The Labute approximate surface area is 191 Å². The van der Waals surface area contributed by atoms with Crippen molar-refractivity contribution in [2.75, 3.05) is 12.3 Å². The summed E-state index contributed by atoms with van der Waals surface area (Å²) in [6, 6.07) is 16.1. The molecule has 0 aromatic heterocycles. The Kier molecular flexibility index (Phi) is 10.6. The first-order valence-corrected chi connectivity index (χ1v) is 12.4. The topological polar surface area (TPSA) is 49.4 Å². The van der Waals surface area contributed by atoms with Crippen LogP contribution < -0.4 is 5.32 Å². The van der Waals surface area contributed by atoms with Crippen molar-refractivity contribution in [2.45, 2.75) is 65.3 Å². The van der Waals surface area contributed by atoms with Crippen LogP contribution in [0.4, 0.5) is 0 Å². The van der Waals surface area contributed by atoms with Crippen molar-refractivity contribution in [2.24, 2.45) is 0 Å². The van der Waals surface area contributed by atoms with Crippen LogP contribution in [0.5, 0.6) is 0 Å². The minimum Gasteiger partial charge on any atom is -0.354 e. The normalized spacial score (nSPS) is 11.7. The average Bonchev–Trinajstić information content (AvgIpc) is 2.74. The molecular formula is C26H36N2O2S. The Morgan fingerprint density at radius 3 is 2.26 bits per heavy atom. The van der Waals surface area contributed by atoms with Gasteiger partial charge in [-0.05, 0) is 37.8 Å². The maximum Gasteiger partial charge on any atom is 0.242 e. The molecule has 5 heteroatoms. The number of carbonyl (C=O) groups is 2. The van der Waals surface area contributed by atoms with Crippen LogP contribution >= 0.6 is 11.8 Å². The standard InChI is InChI=1S/C26H36N2O2S/c1-5-7-14-27-26(30)24(6-2)28(17-22-12-8-10-20(3)15-22)25(29)19-31-18-23-13-9-11-21(4)16-23/h8-13,15-16,24H,5-7,14,17-19H2,1-4H3,(H,27,30)/t24-/m1/s1. The van der Waals surface area contributed by atoms with Crippen molar-refractivity contribution >= 4 is 23.6 Å².